The molecule has 0 aliphatic carbocycles. The van der Waals surface area contributed by atoms with Crippen molar-refractivity contribution in [3.05, 3.63) is 16.1 Å². The predicted molar refractivity (Wildman–Crippen MR) is 73.8 cm³/mol. The summed E-state index contributed by atoms with van der Waals surface area (Å²) in [6.45, 7) is 4.71. The molecule has 0 aliphatic heterocycles. The highest BCUT2D eigenvalue weighted by Gasteiger charge is 2.12. The van der Waals surface area contributed by atoms with Crippen LogP contribution in [0.15, 0.2) is 5.38 Å². The van der Waals surface area contributed by atoms with E-state index >= 15 is 0 Å². The Labute approximate surface area is 113 Å². The number of hydrogen-bond acceptors (Lipinski definition) is 4. The molecule has 5 heteroatoms. The minimum Gasteiger partial charge on any atom is -0.385 e. The second-order valence-electron chi connectivity index (χ2n) is 4.42. The molecule has 0 fully saturated rings. The van der Waals surface area contributed by atoms with E-state index in [9.17, 15) is 4.79 Å². The molecular formula is C13H22N2O2S. The zero-order valence-corrected chi connectivity index (χ0v) is 12.2. The number of aryl methyl sites for hydroxylation is 1. The van der Waals surface area contributed by atoms with E-state index in [-0.39, 0.29) is 11.9 Å². The Kier molecular flexibility index (Phi) is 6.90. The third-order valence-electron chi connectivity index (χ3n) is 2.64. The number of aromatic nitrogens is 1. The molecule has 0 unspecified atom stereocenters. The summed E-state index contributed by atoms with van der Waals surface area (Å²) < 4.78 is 4.97. The maximum Gasteiger partial charge on any atom is 0.220 e. The fourth-order valence-corrected chi connectivity index (χ4v) is 2.46. The summed E-state index contributed by atoms with van der Waals surface area (Å²) in [4.78, 5) is 16.1. The van der Waals surface area contributed by atoms with Crippen LogP contribution in [0.4, 0.5) is 0 Å². The molecule has 102 valence electrons. The van der Waals surface area contributed by atoms with Gasteiger partial charge in [0.25, 0.3) is 0 Å². The lowest BCUT2D eigenvalue weighted by molar-refractivity contribution is -0.121. The highest BCUT2D eigenvalue weighted by Crippen LogP contribution is 2.17. The average Bonchev–Trinajstić information content (AvgIpc) is 2.75. The number of rotatable bonds is 8. The van der Waals surface area contributed by atoms with Gasteiger partial charge in [-0.2, -0.15) is 0 Å². The van der Waals surface area contributed by atoms with E-state index in [0.717, 1.165) is 36.6 Å². The van der Waals surface area contributed by atoms with Gasteiger partial charge in [-0.15, -0.1) is 11.3 Å². The van der Waals surface area contributed by atoms with Crippen molar-refractivity contribution in [1.29, 1.82) is 0 Å². The monoisotopic (exact) mass is 270 g/mol. The van der Waals surface area contributed by atoms with Crippen molar-refractivity contribution in [3.8, 4) is 0 Å². The first-order valence-corrected chi connectivity index (χ1v) is 7.21. The van der Waals surface area contributed by atoms with Crippen LogP contribution in [0.2, 0.25) is 0 Å². The Morgan fingerprint density at radius 1 is 1.50 bits per heavy atom. The fraction of sp³-hybridized carbons (Fsp3) is 0.692. The first-order valence-electron chi connectivity index (χ1n) is 6.34. The van der Waals surface area contributed by atoms with E-state index in [1.165, 1.54) is 0 Å². The lowest BCUT2D eigenvalue weighted by Crippen LogP contribution is -2.26. The quantitative estimate of drug-likeness (QED) is 0.739. The molecule has 0 radical (unpaired) electrons. The van der Waals surface area contributed by atoms with E-state index in [4.69, 9.17) is 4.74 Å². The van der Waals surface area contributed by atoms with Gasteiger partial charge in [-0.3, -0.25) is 4.79 Å². The molecule has 0 spiro atoms. The highest BCUT2D eigenvalue weighted by atomic mass is 32.1. The first-order chi connectivity index (χ1) is 8.63. The smallest absolute Gasteiger partial charge is 0.220 e. The van der Waals surface area contributed by atoms with Crippen molar-refractivity contribution in [1.82, 2.24) is 10.3 Å². The third kappa shape index (κ3) is 5.60. The van der Waals surface area contributed by atoms with Gasteiger partial charge in [0, 0.05) is 31.2 Å². The number of nitrogens with zero attached hydrogens (tertiary/aromatic N) is 1. The Bertz CT molecular complexity index is 366. The summed E-state index contributed by atoms with van der Waals surface area (Å²) in [5.41, 5.74) is 1.01. The molecule has 0 aliphatic rings. The Morgan fingerprint density at radius 2 is 2.28 bits per heavy atom. The number of ether oxygens (including phenoxy) is 1. The van der Waals surface area contributed by atoms with E-state index in [0.29, 0.717) is 6.42 Å². The average molecular weight is 270 g/mol. The lowest BCUT2D eigenvalue weighted by Gasteiger charge is -2.11. The number of amides is 1. The fourth-order valence-electron chi connectivity index (χ4n) is 1.66. The number of thiazole rings is 1. The lowest BCUT2D eigenvalue weighted by atomic mass is 10.2. The molecule has 1 aromatic heterocycles. The zero-order valence-electron chi connectivity index (χ0n) is 11.4. The maximum atomic E-state index is 11.7. The van der Waals surface area contributed by atoms with Gasteiger partial charge in [0.05, 0.1) is 6.04 Å². The molecule has 0 saturated carbocycles. The molecule has 4 nitrogen and oxygen atoms in total. The van der Waals surface area contributed by atoms with Crippen molar-refractivity contribution in [2.75, 3.05) is 13.7 Å². The molecule has 0 bridgehead atoms. The van der Waals surface area contributed by atoms with Gasteiger partial charge in [-0.25, -0.2) is 4.98 Å². The standard InChI is InChI=1S/C13H22N2O2S/c1-10-9-18-13(14-10)11(2)15-12(16)7-5-4-6-8-17-3/h9,11H,4-8H2,1-3H3,(H,15,16)/t11-/m0/s1. The van der Waals surface area contributed by atoms with Gasteiger partial charge in [-0.05, 0) is 26.7 Å². The van der Waals surface area contributed by atoms with Crippen molar-refractivity contribution in [2.45, 2.75) is 45.6 Å². The minimum atomic E-state index is 0.00942. The van der Waals surface area contributed by atoms with Gasteiger partial charge >= 0.3 is 0 Å². The molecule has 1 aromatic rings. The molecule has 1 rings (SSSR count). The van der Waals surface area contributed by atoms with E-state index < -0.39 is 0 Å². The van der Waals surface area contributed by atoms with Crippen molar-refractivity contribution in [3.63, 3.8) is 0 Å². The van der Waals surface area contributed by atoms with Crippen molar-refractivity contribution < 1.29 is 9.53 Å². The van der Waals surface area contributed by atoms with Gasteiger partial charge < -0.3 is 10.1 Å². The van der Waals surface area contributed by atoms with Gasteiger partial charge in [0.15, 0.2) is 0 Å². The van der Waals surface area contributed by atoms with Gasteiger partial charge in [0.2, 0.25) is 5.91 Å². The second kappa shape index (κ2) is 8.21. The topological polar surface area (TPSA) is 51.2 Å². The van der Waals surface area contributed by atoms with Crippen LogP contribution in [0.25, 0.3) is 0 Å². The van der Waals surface area contributed by atoms with Crippen LogP contribution in [-0.4, -0.2) is 24.6 Å². The third-order valence-corrected chi connectivity index (χ3v) is 3.78. The number of carbonyl (C=O) groups is 1. The predicted octanol–water partition coefficient (Wildman–Crippen LogP) is 2.84. The summed E-state index contributed by atoms with van der Waals surface area (Å²) in [6.07, 6.45) is 3.55. The highest BCUT2D eigenvalue weighted by molar-refractivity contribution is 7.09. The van der Waals surface area contributed by atoms with Crippen LogP contribution in [0.1, 0.15) is 49.4 Å². The number of methoxy groups -OCH3 is 1. The Balaban J connectivity index is 2.19. The molecule has 18 heavy (non-hydrogen) atoms. The number of unbranched alkanes of at least 4 members (excludes halogenated alkanes) is 2. The molecule has 1 N–H and O–H groups in total. The number of carbonyl (C=O) groups excluding carboxylic acids is 1. The summed E-state index contributed by atoms with van der Waals surface area (Å²) >= 11 is 1.59. The molecule has 1 amide bonds. The largest absolute Gasteiger partial charge is 0.385 e. The Hall–Kier alpha value is -0.940. The van der Waals surface area contributed by atoms with Crippen LogP contribution in [0, 0.1) is 6.92 Å². The van der Waals surface area contributed by atoms with Gasteiger partial charge in [0.1, 0.15) is 5.01 Å². The van der Waals surface area contributed by atoms with Crippen molar-refractivity contribution >= 4 is 17.2 Å². The summed E-state index contributed by atoms with van der Waals surface area (Å²) in [5, 5.41) is 5.95. The first kappa shape index (κ1) is 15.1. The molecule has 1 heterocycles. The minimum absolute atomic E-state index is 0.00942. The summed E-state index contributed by atoms with van der Waals surface area (Å²) in [5.74, 6) is 0.104. The maximum absolute atomic E-state index is 11.7. The molecule has 0 aromatic carbocycles. The van der Waals surface area contributed by atoms with E-state index in [1.807, 2.05) is 19.2 Å². The molecular weight excluding hydrogens is 248 g/mol. The SMILES string of the molecule is COCCCCCC(=O)N[C@@H](C)c1nc(C)cs1. The Morgan fingerprint density at radius 3 is 2.89 bits per heavy atom. The zero-order chi connectivity index (χ0) is 13.4. The van der Waals surface area contributed by atoms with Crippen LogP contribution < -0.4 is 5.32 Å². The van der Waals surface area contributed by atoms with Crippen LogP contribution in [0.5, 0.6) is 0 Å². The normalized spacial score (nSPS) is 12.4. The molecule has 0 saturated heterocycles. The van der Waals surface area contributed by atoms with Crippen molar-refractivity contribution in [2.24, 2.45) is 0 Å². The van der Waals surface area contributed by atoms with Crippen LogP contribution in [-0.2, 0) is 9.53 Å². The van der Waals surface area contributed by atoms with Crippen LogP contribution >= 0.6 is 11.3 Å². The summed E-state index contributed by atoms with van der Waals surface area (Å²) in [7, 11) is 1.70. The van der Waals surface area contributed by atoms with Gasteiger partial charge in [-0.1, -0.05) is 6.42 Å². The van der Waals surface area contributed by atoms with E-state index in [1.54, 1.807) is 18.4 Å². The number of hydrogen-bond donors (Lipinski definition) is 1. The van der Waals surface area contributed by atoms with Crippen LogP contribution in [0.3, 0.4) is 0 Å². The summed E-state index contributed by atoms with van der Waals surface area (Å²) in [6, 6.07) is 0.00942. The van der Waals surface area contributed by atoms with E-state index in [2.05, 4.69) is 10.3 Å². The molecule has 1 atom stereocenters. The second-order valence-corrected chi connectivity index (χ2v) is 5.31. The number of nitrogens with one attached hydrogen (secondary N) is 1.